The SMILES string of the molecule is O=C(O)Cc1cn2c(C(O)NCC3(c4ccc(C(F)(F)F)cc4)CCCCC3)cccc2n1. The number of alkyl halides is 3. The van der Waals surface area contributed by atoms with Gasteiger partial charge in [0.2, 0.25) is 0 Å². The van der Waals surface area contributed by atoms with E-state index in [1.807, 2.05) is 0 Å². The minimum atomic E-state index is -4.38. The summed E-state index contributed by atoms with van der Waals surface area (Å²) in [5, 5.41) is 23.1. The first-order chi connectivity index (χ1) is 15.7. The van der Waals surface area contributed by atoms with Crippen molar-refractivity contribution in [1.82, 2.24) is 14.7 Å². The number of aliphatic hydroxyl groups excluding tert-OH is 1. The molecule has 1 atom stereocenters. The lowest BCUT2D eigenvalue weighted by Gasteiger charge is -2.39. The van der Waals surface area contributed by atoms with Gasteiger partial charge in [-0.3, -0.25) is 14.5 Å². The normalized spacial score (nSPS) is 17.2. The average molecular weight is 461 g/mol. The Kier molecular flexibility index (Phi) is 6.45. The number of carboxylic acid groups (broad SMARTS) is 1. The molecule has 0 aliphatic heterocycles. The van der Waals surface area contributed by atoms with Crippen molar-refractivity contribution in [3.05, 3.63) is 71.2 Å². The molecular formula is C24H26F3N3O3. The Morgan fingerprint density at radius 3 is 2.45 bits per heavy atom. The van der Waals surface area contributed by atoms with Crippen LogP contribution in [0.25, 0.3) is 5.65 Å². The number of carboxylic acids is 1. The second-order valence-corrected chi connectivity index (χ2v) is 8.68. The number of nitrogens with zero attached hydrogens (tertiary/aromatic N) is 2. The molecule has 1 aliphatic carbocycles. The number of aliphatic carboxylic acids is 1. The van der Waals surface area contributed by atoms with Crippen molar-refractivity contribution in [2.75, 3.05) is 6.54 Å². The van der Waals surface area contributed by atoms with E-state index >= 15 is 0 Å². The maximum atomic E-state index is 13.0. The molecule has 2 aromatic heterocycles. The number of rotatable bonds is 7. The summed E-state index contributed by atoms with van der Waals surface area (Å²) in [5.41, 5.74) is 1.21. The highest BCUT2D eigenvalue weighted by atomic mass is 19.4. The molecule has 4 rings (SSSR count). The zero-order valence-electron chi connectivity index (χ0n) is 18.0. The largest absolute Gasteiger partial charge is 0.481 e. The Morgan fingerprint density at radius 1 is 1.12 bits per heavy atom. The number of pyridine rings is 1. The molecule has 2 heterocycles. The van der Waals surface area contributed by atoms with Gasteiger partial charge in [0.25, 0.3) is 0 Å². The van der Waals surface area contributed by atoms with Gasteiger partial charge >= 0.3 is 12.1 Å². The third kappa shape index (κ3) is 5.04. The van der Waals surface area contributed by atoms with E-state index in [2.05, 4.69) is 10.3 Å². The predicted molar refractivity (Wildman–Crippen MR) is 116 cm³/mol. The van der Waals surface area contributed by atoms with Crippen molar-refractivity contribution >= 4 is 11.6 Å². The molecule has 33 heavy (non-hydrogen) atoms. The van der Waals surface area contributed by atoms with Crippen molar-refractivity contribution in [2.45, 2.75) is 56.3 Å². The van der Waals surface area contributed by atoms with Crippen LogP contribution in [-0.4, -0.2) is 32.1 Å². The number of halogens is 3. The molecule has 0 amide bonds. The number of imidazole rings is 1. The van der Waals surface area contributed by atoms with Crippen LogP contribution in [0.1, 0.15) is 60.8 Å². The van der Waals surface area contributed by atoms with Crippen LogP contribution in [0.4, 0.5) is 13.2 Å². The van der Waals surface area contributed by atoms with Crippen molar-refractivity contribution in [1.29, 1.82) is 0 Å². The lowest BCUT2D eigenvalue weighted by Crippen LogP contribution is -2.41. The van der Waals surface area contributed by atoms with Crippen LogP contribution in [0.5, 0.6) is 0 Å². The third-order valence-electron chi connectivity index (χ3n) is 6.46. The predicted octanol–water partition coefficient (Wildman–Crippen LogP) is 4.46. The molecule has 3 N–H and O–H groups in total. The van der Waals surface area contributed by atoms with Crippen LogP contribution < -0.4 is 5.32 Å². The lowest BCUT2D eigenvalue weighted by atomic mass is 9.69. The maximum Gasteiger partial charge on any atom is 0.416 e. The number of aliphatic hydroxyl groups is 1. The summed E-state index contributed by atoms with van der Waals surface area (Å²) in [5.74, 6) is -0.991. The summed E-state index contributed by atoms with van der Waals surface area (Å²) in [4.78, 5) is 15.3. The molecule has 0 radical (unpaired) electrons. The monoisotopic (exact) mass is 461 g/mol. The van der Waals surface area contributed by atoms with Gasteiger partial charge in [0.15, 0.2) is 0 Å². The van der Waals surface area contributed by atoms with E-state index < -0.39 is 23.9 Å². The van der Waals surface area contributed by atoms with Crippen molar-refractivity contribution in [3.63, 3.8) is 0 Å². The van der Waals surface area contributed by atoms with E-state index in [1.54, 1.807) is 40.9 Å². The van der Waals surface area contributed by atoms with Crippen LogP contribution in [0.3, 0.4) is 0 Å². The Bertz CT molecular complexity index is 1120. The van der Waals surface area contributed by atoms with Gasteiger partial charge in [0.1, 0.15) is 11.9 Å². The van der Waals surface area contributed by atoms with Gasteiger partial charge in [-0.2, -0.15) is 13.2 Å². The van der Waals surface area contributed by atoms with Crippen LogP contribution in [-0.2, 0) is 22.8 Å². The van der Waals surface area contributed by atoms with Crippen LogP contribution in [0.2, 0.25) is 0 Å². The molecule has 1 saturated carbocycles. The van der Waals surface area contributed by atoms with Crippen molar-refractivity contribution < 1.29 is 28.2 Å². The van der Waals surface area contributed by atoms with E-state index in [-0.39, 0.29) is 11.8 Å². The van der Waals surface area contributed by atoms with Crippen LogP contribution in [0.15, 0.2) is 48.7 Å². The zero-order valence-corrected chi connectivity index (χ0v) is 18.0. The van der Waals surface area contributed by atoms with E-state index in [0.29, 0.717) is 23.6 Å². The molecule has 1 aromatic carbocycles. The van der Waals surface area contributed by atoms with Gasteiger partial charge in [0, 0.05) is 18.2 Å². The second kappa shape index (κ2) is 9.15. The first-order valence-electron chi connectivity index (χ1n) is 11.0. The molecule has 6 nitrogen and oxygen atoms in total. The molecule has 0 bridgehead atoms. The number of aromatic nitrogens is 2. The van der Waals surface area contributed by atoms with Crippen LogP contribution >= 0.6 is 0 Å². The summed E-state index contributed by atoms with van der Waals surface area (Å²) >= 11 is 0. The summed E-state index contributed by atoms with van der Waals surface area (Å²) in [6.07, 6.45) is 0.572. The molecule has 176 valence electrons. The van der Waals surface area contributed by atoms with Gasteiger partial charge in [-0.05, 0) is 42.7 Å². The van der Waals surface area contributed by atoms with Gasteiger partial charge in [-0.15, -0.1) is 0 Å². The number of nitrogens with one attached hydrogen (secondary N) is 1. The lowest BCUT2D eigenvalue weighted by molar-refractivity contribution is -0.138. The highest BCUT2D eigenvalue weighted by molar-refractivity contribution is 5.69. The van der Waals surface area contributed by atoms with Crippen LogP contribution in [0, 0.1) is 0 Å². The molecule has 1 fully saturated rings. The van der Waals surface area contributed by atoms with E-state index in [9.17, 15) is 23.1 Å². The molecule has 0 saturated heterocycles. The first-order valence-corrected chi connectivity index (χ1v) is 11.0. The smallest absolute Gasteiger partial charge is 0.416 e. The molecule has 0 spiro atoms. The average Bonchev–Trinajstić information content (AvgIpc) is 3.19. The summed E-state index contributed by atoms with van der Waals surface area (Å²) in [7, 11) is 0. The van der Waals surface area contributed by atoms with E-state index in [4.69, 9.17) is 5.11 Å². The Labute approximate surface area is 189 Å². The van der Waals surface area contributed by atoms with Gasteiger partial charge < -0.3 is 10.2 Å². The highest BCUT2D eigenvalue weighted by Crippen LogP contribution is 2.40. The molecular weight excluding hydrogens is 435 g/mol. The van der Waals surface area contributed by atoms with Gasteiger partial charge in [0.05, 0.1) is 23.4 Å². The molecule has 1 aliphatic rings. The minimum absolute atomic E-state index is 0.221. The number of hydrogen-bond acceptors (Lipinski definition) is 4. The second-order valence-electron chi connectivity index (χ2n) is 8.68. The number of fused-ring (bicyclic) bond motifs is 1. The molecule has 3 aromatic rings. The number of carbonyl (C=O) groups is 1. The summed E-state index contributed by atoms with van der Waals surface area (Å²) in [6, 6.07) is 10.5. The topological polar surface area (TPSA) is 86.9 Å². The van der Waals surface area contributed by atoms with E-state index in [0.717, 1.165) is 49.8 Å². The fourth-order valence-electron chi connectivity index (χ4n) is 4.75. The van der Waals surface area contributed by atoms with Crippen molar-refractivity contribution in [2.24, 2.45) is 0 Å². The number of benzene rings is 1. The number of hydrogen-bond donors (Lipinski definition) is 3. The zero-order chi connectivity index (χ0) is 23.6. The fraction of sp³-hybridized carbons (Fsp3) is 0.417. The highest BCUT2D eigenvalue weighted by Gasteiger charge is 2.36. The quantitative estimate of drug-likeness (QED) is 0.452. The first kappa shape index (κ1) is 23.3. The summed E-state index contributed by atoms with van der Waals surface area (Å²) in [6.45, 7) is 0.395. The Hall–Kier alpha value is -2.91. The Balaban J connectivity index is 1.56. The van der Waals surface area contributed by atoms with Gasteiger partial charge in [-0.1, -0.05) is 37.5 Å². The molecule has 1 unspecified atom stereocenters. The standard InChI is InChI=1S/C24H26F3N3O3/c25-24(26,27)17-9-7-16(8-10-17)23(11-2-1-3-12-23)15-28-22(33)19-5-4-6-20-29-18(13-21(31)32)14-30(19)20/h4-10,14,22,28,33H,1-3,11-13,15H2,(H,31,32). The Morgan fingerprint density at radius 2 is 1.82 bits per heavy atom. The summed E-state index contributed by atoms with van der Waals surface area (Å²) < 4.78 is 40.7. The maximum absolute atomic E-state index is 13.0. The molecule has 9 heteroatoms. The third-order valence-corrected chi connectivity index (χ3v) is 6.46. The van der Waals surface area contributed by atoms with Gasteiger partial charge in [-0.25, -0.2) is 4.98 Å². The van der Waals surface area contributed by atoms with E-state index in [1.165, 1.54) is 0 Å². The minimum Gasteiger partial charge on any atom is -0.481 e. The van der Waals surface area contributed by atoms with Crippen molar-refractivity contribution in [3.8, 4) is 0 Å². The fourth-order valence-corrected chi connectivity index (χ4v) is 4.75.